The summed E-state index contributed by atoms with van der Waals surface area (Å²) in [5, 5.41) is 0.650. The summed E-state index contributed by atoms with van der Waals surface area (Å²) in [4.78, 5) is 13.5. The summed E-state index contributed by atoms with van der Waals surface area (Å²) in [5.74, 6) is 0.965. The number of halogens is 1. The van der Waals surface area contributed by atoms with Gasteiger partial charge in [0.25, 0.3) is 0 Å². The Morgan fingerprint density at radius 2 is 2.07 bits per heavy atom. The smallest absolute Gasteiger partial charge is 0.232 e. The molecule has 8 heteroatoms. The lowest BCUT2D eigenvalue weighted by Gasteiger charge is -2.24. The number of rotatable bonds is 2. The van der Waals surface area contributed by atoms with Gasteiger partial charge in [0.05, 0.1) is 24.3 Å². The Morgan fingerprint density at radius 1 is 1.21 bits per heavy atom. The molecule has 4 aromatic rings. The zero-order valence-electron chi connectivity index (χ0n) is 15.4. The van der Waals surface area contributed by atoms with Crippen LogP contribution in [0.2, 0.25) is 0 Å². The van der Waals surface area contributed by atoms with Gasteiger partial charge in [-0.05, 0) is 31.5 Å². The highest BCUT2D eigenvalue weighted by Crippen LogP contribution is 2.45. The molecule has 142 valence electrons. The third-order valence-electron chi connectivity index (χ3n) is 4.54. The van der Waals surface area contributed by atoms with Gasteiger partial charge in [0.2, 0.25) is 5.88 Å². The summed E-state index contributed by atoms with van der Waals surface area (Å²) >= 11 is 1.36. The molecule has 0 saturated carbocycles. The second-order valence-electron chi connectivity index (χ2n) is 6.71. The van der Waals surface area contributed by atoms with Gasteiger partial charge in [0.15, 0.2) is 17.3 Å². The van der Waals surface area contributed by atoms with E-state index in [-0.39, 0.29) is 11.6 Å². The van der Waals surface area contributed by atoms with Crippen molar-refractivity contribution >= 4 is 32.6 Å². The standard InChI is InChI=1S/C20H16FN3O3S/c1-9-4-11(16-13(5-9)23-15(25-3)7-22-16)20-24-17-12(21)6-14-18(19(17)28-20)27-10(2)8-26-14/h4-7,10H,8H2,1-3H3. The normalized spacial score (nSPS) is 15.9. The third kappa shape index (κ3) is 2.63. The van der Waals surface area contributed by atoms with Crippen LogP contribution in [0.25, 0.3) is 31.8 Å². The van der Waals surface area contributed by atoms with Crippen molar-refractivity contribution in [3.05, 3.63) is 35.8 Å². The fourth-order valence-electron chi connectivity index (χ4n) is 3.28. The number of benzene rings is 2. The zero-order valence-corrected chi connectivity index (χ0v) is 16.3. The number of methoxy groups -OCH3 is 1. The monoisotopic (exact) mass is 397 g/mol. The van der Waals surface area contributed by atoms with Crippen molar-refractivity contribution in [2.45, 2.75) is 20.0 Å². The summed E-state index contributed by atoms with van der Waals surface area (Å²) in [6.07, 6.45) is 1.46. The predicted molar refractivity (Wildman–Crippen MR) is 105 cm³/mol. The zero-order chi connectivity index (χ0) is 19.4. The molecule has 0 bridgehead atoms. The number of nitrogens with zero attached hydrogens (tertiary/aromatic N) is 3. The molecule has 1 aliphatic heterocycles. The molecular formula is C20H16FN3O3S. The minimum Gasteiger partial charge on any atom is -0.486 e. The molecule has 0 fully saturated rings. The number of fused-ring (bicyclic) bond motifs is 4. The fourth-order valence-corrected chi connectivity index (χ4v) is 4.36. The van der Waals surface area contributed by atoms with Crippen LogP contribution in [0.1, 0.15) is 12.5 Å². The lowest BCUT2D eigenvalue weighted by Crippen LogP contribution is -2.25. The van der Waals surface area contributed by atoms with E-state index < -0.39 is 5.82 Å². The highest BCUT2D eigenvalue weighted by Gasteiger charge is 2.25. The van der Waals surface area contributed by atoms with Crippen LogP contribution in [0.4, 0.5) is 4.39 Å². The van der Waals surface area contributed by atoms with Crippen molar-refractivity contribution < 1.29 is 18.6 Å². The van der Waals surface area contributed by atoms with Crippen LogP contribution in [0.5, 0.6) is 17.4 Å². The van der Waals surface area contributed by atoms with E-state index in [1.54, 1.807) is 13.3 Å². The predicted octanol–water partition coefficient (Wildman–Crippen LogP) is 4.52. The highest BCUT2D eigenvalue weighted by atomic mass is 32.1. The topological polar surface area (TPSA) is 66.4 Å². The van der Waals surface area contributed by atoms with Crippen LogP contribution in [0.15, 0.2) is 24.4 Å². The van der Waals surface area contributed by atoms with Crippen molar-refractivity contribution in [3.63, 3.8) is 0 Å². The van der Waals surface area contributed by atoms with E-state index >= 15 is 0 Å². The Morgan fingerprint density at radius 3 is 2.89 bits per heavy atom. The molecule has 0 saturated heterocycles. The van der Waals surface area contributed by atoms with Gasteiger partial charge in [-0.2, -0.15) is 0 Å². The molecule has 2 aromatic heterocycles. The second kappa shape index (κ2) is 6.27. The first-order chi connectivity index (χ1) is 13.5. The van der Waals surface area contributed by atoms with Crippen molar-refractivity contribution in [1.29, 1.82) is 0 Å². The van der Waals surface area contributed by atoms with E-state index in [2.05, 4.69) is 15.0 Å². The van der Waals surface area contributed by atoms with Gasteiger partial charge in [-0.1, -0.05) is 0 Å². The molecule has 0 aliphatic carbocycles. The molecule has 0 N–H and O–H groups in total. The molecule has 28 heavy (non-hydrogen) atoms. The van der Waals surface area contributed by atoms with E-state index in [1.807, 2.05) is 26.0 Å². The summed E-state index contributed by atoms with van der Waals surface area (Å²) in [5.41, 5.74) is 3.45. The highest BCUT2D eigenvalue weighted by molar-refractivity contribution is 7.22. The number of aromatic nitrogens is 3. The van der Waals surface area contributed by atoms with Gasteiger partial charge in [0.1, 0.15) is 27.9 Å². The lowest BCUT2D eigenvalue weighted by atomic mass is 10.1. The molecule has 0 amide bonds. The summed E-state index contributed by atoms with van der Waals surface area (Å²) in [6, 6.07) is 5.25. The molecule has 6 nitrogen and oxygen atoms in total. The molecular weight excluding hydrogens is 381 g/mol. The minimum absolute atomic E-state index is 0.107. The number of hydrogen-bond acceptors (Lipinski definition) is 7. The Hall–Kier alpha value is -3.00. The van der Waals surface area contributed by atoms with Crippen molar-refractivity contribution in [2.24, 2.45) is 0 Å². The van der Waals surface area contributed by atoms with E-state index in [0.717, 1.165) is 11.1 Å². The summed E-state index contributed by atoms with van der Waals surface area (Å²) in [7, 11) is 1.55. The van der Waals surface area contributed by atoms with E-state index in [9.17, 15) is 4.39 Å². The minimum atomic E-state index is -0.431. The van der Waals surface area contributed by atoms with Crippen molar-refractivity contribution in [1.82, 2.24) is 15.0 Å². The second-order valence-corrected chi connectivity index (χ2v) is 7.71. The maximum atomic E-state index is 14.7. The van der Waals surface area contributed by atoms with Crippen molar-refractivity contribution in [3.8, 4) is 28.0 Å². The molecule has 1 atom stereocenters. The molecule has 1 aliphatic rings. The summed E-state index contributed by atoms with van der Waals surface area (Å²) in [6.45, 7) is 4.28. The quantitative estimate of drug-likeness (QED) is 0.495. The average molecular weight is 397 g/mol. The molecule has 0 radical (unpaired) electrons. The molecule has 3 heterocycles. The Kier molecular flexibility index (Phi) is 3.83. The van der Waals surface area contributed by atoms with Crippen LogP contribution in [-0.4, -0.2) is 34.8 Å². The maximum Gasteiger partial charge on any atom is 0.232 e. The fraction of sp³-hybridized carbons (Fsp3) is 0.250. The van der Waals surface area contributed by atoms with Crippen LogP contribution < -0.4 is 14.2 Å². The largest absolute Gasteiger partial charge is 0.486 e. The first-order valence-corrected chi connectivity index (χ1v) is 9.59. The first kappa shape index (κ1) is 17.1. The van der Waals surface area contributed by atoms with Crippen LogP contribution in [0, 0.1) is 12.7 Å². The van der Waals surface area contributed by atoms with Gasteiger partial charge in [-0.25, -0.2) is 19.3 Å². The average Bonchev–Trinajstić information content (AvgIpc) is 3.14. The van der Waals surface area contributed by atoms with E-state index in [0.29, 0.717) is 44.7 Å². The third-order valence-corrected chi connectivity index (χ3v) is 5.63. The number of thiazole rings is 1. The number of hydrogen-bond donors (Lipinski definition) is 0. The Labute approximate surface area is 163 Å². The summed E-state index contributed by atoms with van der Waals surface area (Å²) < 4.78 is 32.0. The number of aryl methyl sites for hydroxylation is 1. The van der Waals surface area contributed by atoms with Crippen molar-refractivity contribution in [2.75, 3.05) is 13.7 Å². The van der Waals surface area contributed by atoms with Gasteiger partial charge in [-0.15, -0.1) is 11.3 Å². The van der Waals surface area contributed by atoms with Gasteiger partial charge in [0, 0.05) is 11.6 Å². The molecule has 5 rings (SSSR count). The molecule has 2 aromatic carbocycles. The Bertz CT molecular complexity index is 1240. The van der Waals surface area contributed by atoms with E-state index in [4.69, 9.17) is 14.2 Å². The maximum absolute atomic E-state index is 14.7. The first-order valence-electron chi connectivity index (χ1n) is 8.77. The van der Waals surface area contributed by atoms with Gasteiger partial charge >= 0.3 is 0 Å². The SMILES string of the molecule is COc1cnc2c(-c3nc4c(F)cc5c(c4s3)OC(C)CO5)cc(C)cc2n1. The van der Waals surface area contributed by atoms with Crippen LogP contribution in [-0.2, 0) is 0 Å². The molecule has 1 unspecified atom stereocenters. The Balaban J connectivity index is 1.76. The van der Waals surface area contributed by atoms with Crippen LogP contribution >= 0.6 is 11.3 Å². The van der Waals surface area contributed by atoms with Gasteiger partial charge in [-0.3, -0.25) is 0 Å². The number of ether oxygens (including phenoxy) is 3. The lowest BCUT2D eigenvalue weighted by molar-refractivity contribution is 0.106. The molecule has 0 spiro atoms. The van der Waals surface area contributed by atoms with Crippen LogP contribution in [0.3, 0.4) is 0 Å². The van der Waals surface area contributed by atoms with E-state index in [1.165, 1.54) is 17.4 Å². The van der Waals surface area contributed by atoms with Gasteiger partial charge < -0.3 is 14.2 Å².